The van der Waals surface area contributed by atoms with E-state index in [4.69, 9.17) is 19.4 Å². The van der Waals surface area contributed by atoms with Crippen LogP contribution in [0.1, 0.15) is 0 Å². The van der Waals surface area contributed by atoms with E-state index in [1.807, 2.05) is 54.6 Å². The van der Waals surface area contributed by atoms with E-state index >= 15 is 0 Å². The van der Waals surface area contributed by atoms with Gasteiger partial charge in [0, 0.05) is 22.3 Å². The van der Waals surface area contributed by atoms with Crippen molar-refractivity contribution in [3.8, 4) is 56.7 Å². The molecule has 0 atom stereocenters. The van der Waals surface area contributed by atoms with Gasteiger partial charge in [-0.15, -0.1) is 0 Å². The van der Waals surface area contributed by atoms with Crippen LogP contribution in [0.25, 0.3) is 89.4 Å². The molecule has 0 saturated carbocycles. The van der Waals surface area contributed by atoms with Gasteiger partial charge in [0.2, 0.25) is 5.89 Å². The second kappa shape index (κ2) is 11.2. The van der Waals surface area contributed by atoms with Crippen LogP contribution in [0.5, 0.6) is 0 Å². The molecule has 0 aliphatic heterocycles. The summed E-state index contributed by atoms with van der Waals surface area (Å²) < 4.78 is 6.01. The molecule has 0 spiro atoms. The van der Waals surface area contributed by atoms with Gasteiger partial charge in [0.25, 0.3) is 0 Å². The lowest BCUT2D eigenvalue weighted by molar-refractivity contribution is 0.620. The van der Waals surface area contributed by atoms with Crippen LogP contribution < -0.4 is 0 Å². The molecule has 0 aliphatic rings. The minimum absolute atomic E-state index is 0.615. The van der Waals surface area contributed by atoms with E-state index in [1.54, 1.807) is 0 Å². The van der Waals surface area contributed by atoms with Crippen LogP contribution in [0.4, 0.5) is 0 Å². The van der Waals surface area contributed by atoms with Crippen LogP contribution in [0, 0.1) is 0 Å². The highest BCUT2D eigenvalue weighted by atomic mass is 16.3. The number of rotatable bonds is 5. The molecular weight excluding hydrogens is 576 g/mol. The van der Waals surface area contributed by atoms with Crippen LogP contribution in [0.3, 0.4) is 0 Å². The molecule has 0 amide bonds. The molecule has 7 aromatic carbocycles. The number of hydrogen-bond acceptors (Lipinski definition) is 5. The summed E-state index contributed by atoms with van der Waals surface area (Å²) in [6.07, 6.45) is 0. The van der Waals surface area contributed by atoms with Gasteiger partial charge < -0.3 is 4.42 Å². The minimum Gasteiger partial charge on any atom is -0.436 e. The molecule has 5 heteroatoms. The quantitative estimate of drug-likeness (QED) is 0.196. The highest BCUT2D eigenvalue weighted by Gasteiger charge is 2.17. The summed E-state index contributed by atoms with van der Waals surface area (Å²) in [6.45, 7) is 0. The number of aromatic nitrogens is 4. The third-order valence-electron chi connectivity index (χ3n) is 8.58. The van der Waals surface area contributed by atoms with Gasteiger partial charge in [-0.25, -0.2) is 19.9 Å². The first-order valence-corrected chi connectivity index (χ1v) is 15.6. The molecular formula is C42H26N4O. The Hall–Kier alpha value is -6.46. The fourth-order valence-corrected chi connectivity index (χ4v) is 6.20. The van der Waals surface area contributed by atoms with Gasteiger partial charge in [0.05, 0.1) is 0 Å². The summed E-state index contributed by atoms with van der Waals surface area (Å²) in [7, 11) is 0. The highest BCUT2D eigenvalue weighted by Crippen LogP contribution is 2.37. The first-order chi connectivity index (χ1) is 23.3. The fourth-order valence-electron chi connectivity index (χ4n) is 6.20. The Kier molecular flexibility index (Phi) is 6.39. The van der Waals surface area contributed by atoms with Gasteiger partial charge in [-0.1, -0.05) is 121 Å². The number of hydrogen-bond donors (Lipinski definition) is 0. The first-order valence-electron chi connectivity index (χ1n) is 15.6. The Labute approximate surface area is 270 Å². The van der Waals surface area contributed by atoms with Crippen LogP contribution >= 0.6 is 0 Å². The van der Waals surface area contributed by atoms with Gasteiger partial charge in [-0.05, 0) is 69.1 Å². The summed E-state index contributed by atoms with van der Waals surface area (Å²) in [4.78, 5) is 19.8. The summed E-state index contributed by atoms with van der Waals surface area (Å²) >= 11 is 0. The third kappa shape index (κ3) is 4.91. The van der Waals surface area contributed by atoms with Crippen LogP contribution in [-0.2, 0) is 0 Å². The molecule has 220 valence electrons. The van der Waals surface area contributed by atoms with E-state index in [-0.39, 0.29) is 0 Å². The van der Waals surface area contributed by atoms with E-state index in [9.17, 15) is 0 Å². The second-order valence-corrected chi connectivity index (χ2v) is 11.5. The maximum absolute atomic E-state index is 6.01. The maximum Gasteiger partial charge on any atom is 0.227 e. The van der Waals surface area contributed by atoms with E-state index in [2.05, 4.69) is 108 Å². The smallest absolute Gasteiger partial charge is 0.227 e. The zero-order valence-corrected chi connectivity index (χ0v) is 25.2. The summed E-state index contributed by atoms with van der Waals surface area (Å²) in [5.74, 6) is 2.53. The SMILES string of the molecule is c1ccc(-c2nc(-c3ccc4ccccc4c3)nc(-c3ccc(-c4ccc(-c5nc6ccccc6o5)cc4)c4ccccc34)n2)cc1. The summed E-state index contributed by atoms with van der Waals surface area (Å²) in [6, 6.07) is 53.7. The molecule has 47 heavy (non-hydrogen) atoms. The monoisotopic (exact) mass is 602 g/mol. The van der Waals surface area contributed by atoms with Crippen molar-refractivity contribution in [3.05, 3.63) is 158 Å². The molecule has 2 heterocycles. The van der Waals surface area contributed by atoms with Crippen molar-refractivity contribution < 1.29 is 4.42 Å². The Morgan fingerprint density at radius 2 is 0.957 bits per heavy atom. The molecule has 0 N–H and O–H groups in total. The van der Waals surface area contributed by atoms with Crippen molar-refractivity contribution in [2.75, 3.05) is 0 Å². The van der Waals surface area contributed by atoms with Crippen molar-refractivity contribution in [2.45, 2.75) is 0 Å². The zero-order valence-electron chi connectivity index (χ0n) is 25.2. The van der Waals surface area contributed by atoms with Crippen LogP contribution in [0.2, 0.25) is 0 Å². The number of nitrogens with zero attached hydrogens (tertiary/aromatic N) is 4. The average Bonchev–Trinajstić information content (AvgIpc) is 3.59. The van der Waals surface area contributed by atoms with Crippen LogP contribution in [-0.4, -0.2) is 19.9 Å². The summed E-state index contributed by atoms with van der Waals surface area (Å²) in [5.41, 5.74) is 7.64. The second-order valence-electron chi connectivity index (χ2n) is 11.5. The topological polar surface area (TPSA) is 64.7 Å². The number of para-hydroxylation sites is 2. The molecule has 2 aromatic heterocycles. The van der Waals surface area contributed by atoms with Gasteiger partial charge in [-0.2, -0.15) is 0 Å². The van der Waals surface area contributed by atoms with E-state index < -0.39 is 0 Å². The number of benzene rings is 7. The van der Waals surface area contributed by atoms with E-state index in [0.717, 1.165) is 60.6 Å². The molecule has 0 radical (unpaired) electrons. The Balaban J connectivity index is 1.16. The molecule has 5 nitrogen and oxygen atoms in total. The molecule has 0 bridgehead atoms. The van der Waals surface area contributed by atoms with Crippen molar-refractivity contribution in [2.24, 2.45) is 0 Å². The number of fused-ring (bicyclic) bond motifs is 3. The lowest BCUT2D eigenvalue weighted by Crippen LogP contribution is -2.00. The highest BCUT2D eigenvalue weighted by molar-refractivity contribution is 6.04. The predicted molar refractivity (Wildman–Crippen MR) is 190 cm³/mol. The van der Waals surface area contributed by atoms with Gasteiger partial charge in [-0.3, -0.25) is 0 Å². The van der Waals surface area contributed by atoms with E-state index in [0.29, 0.717) is 23.4 Å². The molecule has 0 aliphatic carbocycles. The predicted octanol–water partition coefficient (Wildman–Crippen LogP) is 10.7. The molecule has 9 aromatic rings. The van der Waals surface area contributed by atoms with Crippen molar-refractivity contribution in [3.63, 3.8) is 0 Å². The molecule has 9 rings (SSSR count). The normalized spacial score (nSPS) is 11.4. The zero-order chi connectivity index (χ0) is 31.2. The fraction of sp³-hybridized carbons (Fsp3) is 0. The van der Waals surface area contributed by atoms with Crippen molar-refractivity contribution >= 4 is 32.6 Å². The molecule has 0 fully saturated rings. The number of oxazole rings is 1. The lowest BCUT2D eigenvalue weighted by atomic mass is 9.94. The standard InChI is InChI=1S/C42H26N4O/c1-2-11-29(12-3-1)39-44-40(32-23-18-27-10-4-5-13-31(27)26-32)46-41(45-39)36-25-24-33(34-14-6-7-15-35(34)36)28-19-21-30(22-20-28)42-43-37-16-8-9-17-38(37)47-42/h1-26H. The van der Waals surface area contributed by atoms with Crippen molar-refractivity contribution in [1.82, 2.24) is 19.9 Å². The Morgan fingerprint density at radius 1 is 0.362 bits per heavy atom. The Bertz CT molecular complexity index is 2540. The van der Waals surface area contributed by atoms with Crippen molar-refractivity contribution in [1.29, 1.82) is 0 Å². The van der Waals surface area contributed by atoms with Gasteiger partial charge in [0.1, 0.15) is 5.52 Å². The Morgan fingerprint density at radius 3 is 1.77 bits per heavy atom. The van der Waals surface area contributed by atoms with Gasteiger partial charge in [0.15, 0.2) is 23.1 Å². The maximum atomic E-state index is 6.01. The molecule has 0 saturated heterocycles. The third-order valence-corrected chi connectivity index (χ3v) is 8.58. The minimum atomic E-state index is 0.615. The van der Waals surface area contributed by atoms with Crippen LogP contribution in [0.15, 0.2) is 162 Å². The summed E-state index contributed by atoms with van der Waals surface area (Å²) in [5, 5.41) is 4.51. The van der Waals surface area contributed by atoms with Gasteiger partial charge >= 0.3 is 0 Å². The van der Waals surface area contributed by atoms with E-state index in [1.165, 1.54) is 5.39 Å². The largest absolute Gasteiger partial charge is 0.436 e. The molecule has 0 unspecified atom stereocenters. The lowest BCUT2D eigenvalue weighted by Gasteiger charge is -2.13. The first kappa shape index (κ1) is 26.9. The average molecular weight is 603 g/mol.